The lowest BCUT2D eigenvalue weighted by Gasteiger charge is -2.43. The Bertz CT molecular complexity index is 1360. The third-order valence-corrected chi connectivity index (χ3v) is 6.71. The molecule has 38 heavy (non-hydrogen) atoms. The van der Waals surface area contributed by atoms with Gasteiger partial charge in [0.1, 0.15) is 17.1 Å². The number of alkyl halides is 3. The summed E-state index contributed by atoms with van der Waals surface area (Å²) in [5.74, 6) is -0.914. The highest BCUT2D eigenvalue weighted by molar-refractivity contribution is 5.75. The zero-order valence-electron chi connectivity index (χ0n) is 21.7. The Morgan fingerprint density at radius 3 is 2.68 bits per heavy atom. The van der Waals surface area contributed by atoms with Gasteiger partial charge in [-0.15, -0.1) is 13.2 Å². The van der Waals surface area contributed by atoms with Gasteiger partial charge in [0.2, 0.25) is 0 Å². The Morgan fingerprint density at radius 2 is 1.95 bits per heavy atom. The third kappa shape index (κ3) is 5.55. The lowest BCUT2D eigenvalue weighted by Crippen LogP contribution is -2.49. The first-order valence-electron chi connectivity index (χ1n) is 12.6. The number of benzene rings is 2. The monoisotopic (exact) mass is 530 g/mol. The molecule has 2 aliphatic heterocycles. The van der Waals surface area contributed by atoms with E-state index < -0.39 is 23.5 Å². The first kappa shape index (κ1) is 26.2. The second-order valence-electron chi connectivity index (χ2n) is 10.6. The van der Waals surface area contributed by atoms with Gasteiger partial charge in [0, 0.05) is 24.6 Å². The minimum atomic E-state index is -4.96. The minimum absolute atomic E-state index is 0.00284. The van der Waals surface area contributed by atoms with Crippen molar-refractivity contribution in [2.75, 3.05) is 18.0 Å². The fraction of sp³-hybridized carbons (Fsp3) is 0.429. The molecule has 0 unspecified atom stereocenters. The highest BCUT2D eigenvalue weighted by Gasteiger charge is 2.37. The van der Waals surface area contributed by atoms with Crippen LogP contribution in [0.15, 0.2) is 36.5 Å². The summed E-state index contributed by atoms with van der Waals surface area (Å²) in [6.45, 7) is 9.81. The van der Waals surface area contributed by atoms with E-state index in [9.17, 15) is 13.2 Å². The number of ether oxygens (including phenoxy) is 2. The van der Waals surface area contributed by atoms with E-state index in [1.165, 1.54) is 11.1 Å². The smallest absolute Gasteiger partial charge is 0.481 e. The quantitative estimate of drug-likeness (QED) is 0.421. The standard InChI is InChI=1S/C28H30F4N4O2/c1-16(2)36-15-27(3,4)38-26-21(29)11-19(12-22(26)36)25-23(37-28(30,31)32)14-34-24(35-25)10-17-5-6-18-7-8-33-13-20(18)9-17/h5-6,9,11-12,14,16,33H,7-8,10,13,15H2,1-4H3. The van der Waals surface area contributed by atoms with Gasteiger partial charge in [0.15, 0.2) is 17.3 Å². The van der Waals surface area contributed by atoms with Crippen LogP contribution in [0.3, 0.4) is 0 Å². The summed E-state index contributed by atoms with van der Waals surface area (Å²) < 4.78 is 65.4. The second-order valence-corrected chi connectivity index (χ2v) is 10.6. The average molecular weight is 531 g/mol. The summed E-state index contributed by atoms with van der Waals surface area (Å²) in [6, 6.07) is 8.84. The molecule has 0 radical (unpaired) electrons. The molecule has 202 valence electrons. The van der Waals surface area contributed by atoms with Gasteiger partial charge < -0.3 is 19.7 Å². The molecule has 3 aromatic rings. The number of rotatable bonds is 5. The van der Waals surface area contributed by atoms with Gasteiger partial charge in [-0.05, 0) is 69.5 Å². The molecule has 0 bridgehead atoms. The number of fused-ring (bicyclic) bond motifs is 2. The maximum absolute atomic E-state index is 15.4. The van der Waals surface area contributed by atoms with Crippen molar-refractivity contribution < 1.29 is 27.0 Å². The zero-order valence-corrected chi connectivity index (χ0v) is 21.7. The van der Waals surface area contributed by atoms with Crippen molar-refractivity contribution in [3.05, 3.63) is 64.9 Å². The fourth-order valence-corrected chi connectivity index (χ4v) is 5.02. The minimum Gasteiger partial charge on any atom is -0.481 e. The molecule has 0 fully saturated rings. The Kier molecular flexibility index (Phi) is 6.71. The molecule has 3 heterocycles. The maximum Gasteiger partial charge on any atom is 0.573 e. The van der Waals surface area contributed by atoms with Crippen LogP contribution >= 0.6 is 0 Å². The number of aromatic nitrogens is 2. The molecule has 10 heteroatoms. The van der Waals surface area contributed by atoms with Crippen LogP contribution in [-0.2, 0) is 19.4 Å². The summed E-state index contributed by atoms with van der Waals surface area (Å²) in [6.07, 6.45) is -2.72. The average Bonchev–Trinajstić information content (AvgIpc) is 2.83. The molecule has 1 N–H and O–H groups in total. The van der Waals surface area contributed by atoms with Crippen LogP contribution in [-0.4, -0.2) is 41.1 Å². The largest absolute Gasteiger partial charge is 0.573 e. The van der Waals surface area contributed by atoms with Gasteiger partial charge in [-0.1, -0.05) is 18.2 Å². The number of nitrogens with zero attached hydrogens (tertiary/aromatic N) is 3. The molecule has 6 nitrogen and oxygen atoms in total. The van der Waals surface area contributed by atoms with E-state index in [1.807, 2.05) is 38.7 Å². The van der Waals surface area contributed by atoms with Crippen molar-refractivity contribution in [3.8, 4) is 22.8 Å². The second kappa shape index (κ2) is 9.72. The van der Waals surface area contributed by atoms with E-state index in [0.29, 0.717) is 24.5 Å². The van der Waals surface area contributed by atoms with Gasteiger partial charge in [-0.2, -0.15) is 0 Å². The Hall–Kier alpha value is -3.40. The third-order valence-electron chi connectivity index (χ3n) is 6.71. The van der Waals surface area contributed by atoms with Gasteiger partial charge >= 0.3 is 6.36 Å². The van der Waals surface area contributed by atoms with Crippen molar-refractivity contribution in [2.45, 2.75) is 65.1 Å². The predicted molar refractivity (Wildman–Crippen MR) is 136 cm³/mol. The zero-order chi connectivity index (χ0) is 27.2. The molecule has 0 amide bonds. The molecular formula is C28H30F4N4O2. The van der Waals surface area contributed by atoms with Crippen LogP contribution in [0.4, 0.5) is 23.2 Å². The van der Waals surface area contributed by atoms with Gasteiger partial charge in [-0.3, -0.25) is 0 Å². The first-order valence-corrected chi connectivity index (χ1v) is 12.6. The molecule has 0 saturated heterocycles. The highest BCUT2D eigenvalue weighted by Crippen LogP contribution is 2.44. The molecule has 2 aliphatic rings. The molecule has 0 atom stereocenters. The summed E-state index contributed by atoms with van der Waals surface area (Å²) in [5, 5.41) is 3.33. The number of halogens is 4. The number of nitrogens with one attached hydrogen (secondary N) is 1. The van der Waals surface area contributed by atoms with E-state index in [4.69, 9.17) is 4.74 Å². The molecule has 0 aliphatic carbocycles. The van der Waals surface area contributed by atoms with Gasteiger partial charge in [0.25, 0.3) is 0 Å². The topological polar surface area (TPSA) is 59.5 Å². The highest BCUT2D eigenvalue weighted by atomic mass is 19.4. The van der Waals surface area contributed by atoms with Crippen LogP contribution in [0.25, 0.3) is 11.3 Å². The number of hydrogen-bond acceptors (Lipinski definition) is 6. The fourth-order valence-electron chi connectivity index (χ4n) is 5.02. The SMILES string of the molecule is CC(C)N1CC(C)(C)Oc2c(F)cc(-c3nc(Cc4ccc5c(c4)CNCC5)ncc3OC(F)(F)F)cc21. The normalized spacial score (nSPS) is 16.6. The molecule has 0 saturated carbocycles. The van der Waals surface area contributed by atoms with E-state index in [-0.39, 0.29) is 23.0 Å². The number of anilines is 1. The van der Waals surface area contributed by atoms with Crippen molar-refractivity contribution in [1.29, 1.82) is 0 Å². The lowest BCUT2D eigenvalue weighted by atomic mass is 9.97. The Labute approximate surface area is 219 Å². The van der Waals surface area contributed by atoms with Crippen LogP contribution < -0.4 is 19.7 Å². The lowest BCUT2D eigenvalue weighted by molar-refractivity contribution is -0.274. The summed E-state index contributed by atoms with van der Waals surface area (Å²) >= 11 is 0. The van der Waals surface area contributed by atoms with Gasteiger partial charge in [-0.25, -0.2) is 14.4 Å². The van der Waals surface area contributed by atoms with Gasteiger partial charge in [0.05, 0.1) is 18.4 Å². The molecular weight excluding hydrogens is 500 g/mol. The maximum atomic E-state index is 15.4. The Morgan fingerprint density at radius 1 is 1.16 bits per heavy atom. The van der Waals surface area contributed by atoms with Crippen molar-refractivity contribution in [1.82, 2.24) is 15.3 Å². The summed E-state index contributed by atoms with van der Waals surface area (Å²) in [5.41, 5.74) is 3.20. The van der Waals surface area contributed by atoms with Crippen molar-refractivity contribution in [3.63, 3.8) is 0 Å². The van der Waals surface area contributed by atoms with Crippen molar-refractivity contribution in [2.24, 2.45) is 0 Å². The summed E-state index contributed by atoms with van der Waals surface area (Å²) in [4.78, 5) is 10.6. The van der Waals surface area contributed by atoms with E-state index in [1.54, 1.807) is 6.07 Å². The molecule has 1 aromatic heterocycles. The molecule has 2 aromatic carbocycles. The van der Waals surface area contributed by atoms with E-state index in [0.717, 1.165) is 37.3 Å². The molecule has 0 spiro atoms. The predicted octanol–water partition coefficient (Wildman–Crippen LogP) is 5.80. The number of hydrogen-bond donors (Lipinski definition) is 1. The molecule has 5 rings (SSSR count). The van der Waals surface area contributed by atoms with E-state index >= 15 is 4.39 Å². The van der Waals surface area contributed by atoms with Crippen molar-refractivity contribution >= 4 is 5.69 Å². The van der Waals surface area contributed by atoms with E-state index in [2.05, 4.69) is 32.2 Å². The summed E-state index contributed by atoms with van der Waals surface area (Å²) in [7, 11) is 0. The Balaban J connectivity index is 1.57. The first-order chi connectivity index (χ1) is 17.9. The van der Waals surface area contributed by atoms with Crippen LogP contribution in [0.1, 0.15) is 50.2 Å². The van der Waals surface area contributed by atoms with Crippen LogP contribution in [0.2, 0.25) is 0 Å². The van der Waals surface area contributed by atoms with Crippen LogP contribution in [0.5, 0.6) is 11.5 Å². The van der Waals surface area contributed by atoms with Crippen LogP contribution in [0, 0.1) is 5.82 Å².